The van der Waals surface area contributed by atoms with Crippen LogP contribution in [-0.2, 0) is 4.79 Å². The van der Waals surface area contributed by atoms with Crippen molar-refractivity contribution in [3.05, 3.63) is 60.2 Å². The zero-order valence-corrected chi connectivity index (χ0v) is 14.0. The van der Waals surface area contributed by atoms with Crippen LogP contribution in [0.4, 0.5) is 0 Å². The van der Waals surface area contributed by atoms with Gasteiger partial charge in [0.2, 0.25) is 5.91 Å². The molecule has 0 spiro atoms. The molecule has 0 saturated carbocycles. The molecule has 1 aliphatic rings. The molecular weight excluding hydrogens is 300 g/mol. The summed E-state index contributed by atoms with van der Waals surface area (Å²) < 4.78 is 0. The van der Waals surface area contributed by atoms with Gasteiger partial charge in [-0.05, 0) is 30.0 Å². The molecule has 0 radical (unpaired) electrons. The molecule has 126 valence electrons. The lowest BCUT2D eigenvalue weighted by Gasteiger charge is -2.17. The molecule has 2 aromatic rings. The normalized spacial score (nSPS) is 18.8. The zero-order valence-electron chi connectivity index (χ0n) is 14.0. The first-order chi connectivity index (χ1) is 11.7. The molecule has 0 aromatic heterocycles. The van der Waals surface area contributed by atoms with Crippen LogP contribution in [0.5, 0.6) is 0 Å². The van der Waals surface area contributed by atoms with E-state index in [-0.39, 0.29) is 11.9 Å². The van der Waals surface area contributed by atoms with Gasteiger partial charge in [0.05, 0.1) is 12.1 Å². The SMILES string of the molecule is CCN1CCC(NCC(O)c2ccc(-c3ccccc3)cc2)C1=O. The van der Waals surface area contributed by atoms with E-state index < -0.39 is 6.10 Å². The van der Waals surface area contributed by atoms with E-state index in [1.165, 1.54) is 0 Å². The third-order valence-electron chi connectivity index (χ3n) is 4.64. The van der Waals surface area contributed by atoms with Crippen molar-refractivity contribution >= 4 is 5.91 Å². The van der Waals surface area contributed by atoms with Gasteiger partial charge in [0.1, 0.15) is 0 Å². The summed E-state index contributed by atoms with van der Waals surface area (Å²) >= 11 is 0. The molecule has 0 aliphatic carbocycles. The first-order valence-electron chi connectivity index (χ1n) is 8.54. The monoisotopic (exact) mass is 324 g/mol. The Morgan fingerprint density at radius 3 is 2.42 bits per heavy atom. The Morgan fingerprint density at radius 2 is 1.79 bits per heavy atom. The quantitative estimate of drug-likeness (QED) is 0.859. The molecule has 2 unspecified atom stereocenters. The van der Waals surface area contributed by atoms with Gasteiger partial charge >= 0.3 is 0 Å². The van der Waals surface area contributed by atoms with Crippen molar-refractivity contribution < 1.29 is 9.90 Å². The van der Waals surface area contributed by atoms with Crippen LogP contribution in [0.3, 0.4) is 0 Å². The first kappa shape index (κ1) is 16.7. The lowest BCUT2D eigenvalue weighted by atomic mass is 10.0. The Balaban J connectivity index is 1.58. The van der Waals surface area contributed by atoms with Gasteiger partial charge in [-0.2, -0.15) is 0 Å². The number of aliphatic hydroxyl groups excluding tert-OH is 1. The largest absolute Gasteiger partial charge is 0.387 e. The Morgan fingerprint density at radius 1 is 1.12 bits per heavy atom. The van der Waals surface area contributed by atoms with Crippen molar-refractivity contribution in [1.82, 2.24) is 10.2 Å². The second-order valence-corrected chi connectivity index (χ2v) is 6.17. The van der Waals surface area contributed by atoms with Crippen LogP contribution in [0.2, 0.25) is 0 Å². The van der Waals surface area contributed by atoms with Crippen molar-refractivity contribution in [3.63, 3.8) is 0 Å². The number of rotatable bonds is 6. The topological polar surface area (TPSA) is 52.6 Å². The minimum absolute atomic E-state index is 0.143. The smallest absolute Gasteiger partial charge is 0.239 e. The molecular formula is C20H24N2O2. The van der Waals surface area contributed by atoms with E-state index in [4.69, 9.17) is 0 Å². The van der Waals surface area contributed by atoms with E-state index in [2.05, 4.69) is 17.4 Å². The van der Waals surface area contributed by atoms with Gasteiger partial charge in [-0.15, -0.1) is 0 Å². The highest BCUT2D eigenvalue weighted by Crippen LogP contribution is 2.22. The fourth-order valence-electron chi connectivity index (χ4n) is 3.14. The maximum Gasteiger partial charge on any atom is 0.239 e. The Bertz CT molecular complexity index is 670. The highest BCUT2D eigenvalue weighted by Gasteiger charge is 2.30. The van der Waals surface area contributed by atoms with Gasteiger partial charge in [0, 0.05) is 19.6 Å². The molecule has 2 aromatic carbocycles. The van der Waals surface area contributed by atoms with Crippen molar-refractivity contribution in [2.75, 3.05) is 19.6 Å². The molecule has 3 rings (SSSR count). The lowest BCUT2D eigenvalue weighted by Crippen LogP contribution is -2.40. The highest BCUT2D eigenvalue weighted by molar-refractivity contribution is 5.83. The number of carbonyl (C=O) groups excluding carboxylic acids is 1. The molecule has 4 heteroatoms. The Hall–Kier alpha value is -2.17. The van der Waals surface area contributed by atoms with E-state index in [1.807, 2.05) is 54.3 Å². The molecule has 1 amide bonds. The summed E-state index contributed by atoms with van der Waals surface area (Å²) in [6, 6.07) is 17.9. The van der Waals surface area contributed by atoms with Gasteiger partial charge in [0.15, 0.2) is 0 Å². The predicted octanol–water partition coefficient (Wildman–Crippen LogP) is 2.60. The van der Waals surface area contributed by atoms with Gasteiger partial charge in [-0.1, -0.05) is 54.6 Å². The van der Waals surface area contributed by atoms with Gasteiger partial charge < -0.3 is 15.3 Å². The second kappa shape index (κ2) is 7.60. The number of nitrogens with zero attached hydrogens (tertiary/aromatic N) is 1. The number of likely N-dealkylation sites (N-methyl/N-ethyl adjacent to an activating group) is 1. The summed E-state index contributed by atoms with van der Waals surface area (Å²) in [6.45, 7) is 3.93. The number of aliphatic hydroxyl groups is 1. The molecule has 4 nitrogen and oxygen atoms in total. The zero-order chi connectivity index (χ0) is 16.9. The van der Waals surface area contributed by atoms with Crippen LogP contribution in [0.15, 0.2) is 54.6 Å². The van der Waals surface area contributed by atoms with E-state index in [0.717, 1.165) is 36.2 Å². The van der Waals surface area contributed by atoms with E-state index in [1.54, 1.807) is 0 Å². The van der Waals surface area contributed by atoms with Crippen molar-refractivity contribution in [1.29, 1.82) is 0 Å². The average molecular weight is 324 g/mol. The van der Waals surface area contributed by atoms with Gasteiger partial charge in [-0.25, -0.2) is 0 Å². The molecule has 1 saturated heterocycles. The van der Waals surface area contributed by atoms with E-state index in [0.29, 0.717) is 6.54 Å². The standard InChI is InChI=1S/C20H24N2O2/c1-2-22-13-12-18(20(22)24)21-14-19(23)17-10-8-16(9-11-17)15-6-4-3-5-7-15/h3-11,18-19,21,23H,2,12-14H2,1H3. The van der Waals surface area contributed by atoms with Gasteiger partial charge in [0.25, 0.3) is 0 Å². The number of benzene rings is 2. The summed E-state index contributed by atoms with van der Waals surface area (Å²) in [6.07, 6.45) is 0.199. The van der Waals surface area contributed by atoms with Crippen molar-refractivity contribution in [3.8, 4) is 11.1 Å². The summed E-state index contributed by atoms with van der Waals surface area (Å²) in [5.41, 5.74) is 3.15. The third-order valence-corrected chi connectivity index (χ3v) is 4.64. The number of carbonyl (C=O) groups is 1. The molecule has 2 N–H and O–H groups in total. The Labute approximate surface area is 143 Å². The molecule has 0 bridgehead atoms. The van der Waals surface area contributed by atoms with Crippen LogP contribution in [0.1, 0.15) is 25.0 Å². The van der Waals surface area contributed by atoms with Crippen LogP contribution in [0.25, 0.3) is 11.1 Å². The number of likely N-dealkylation sites (tertiary alicyclic amines) is 1. The summed E-state index contributed by atoms with van der Waals surface area (Å²) in [5, 5.41) is 13.6. The fraction of sp³-hybridized carbons (Fsp3) is 0.350. The molecule has 1 aliphatic heterocycles. The summed E-state index contributed by atoms with van der Waals surface area (Å²) in [5.74, 6) is 0.143. The van der Waals surface area contributed by atoms with E-state index >= 15 is 0 Å². The number of nitrogens with one attached hydrogen (secondary N) is 1. The summed E-state index contributed by atoms with van der Waals surface area (Å²) in [7, 11) is 0. The van der Waals surface area contributed by atoms with Crippen LogP contribution < -0.4 is 5.32 Å². The molecule has 1 fully saturated rings. The number of hydrogen-bond acceptors (Lipinski definition) is 3. The predicted molar refractivity (Wildman–Crippen MR) is 95.5 cm³/mol. The number of amides is 1. The van der Waals surface area contributed by atoms with Crippen LogP contribution >= 0.6 is 0 Å². The summed E-state index contributed by atoms with van der Waals surface area (Å²) in [4.78, 5) is 13.9. The molecule has 1 heterocycles. The van der Waals surface area contributed by atoms with E-state index in [9.17, 15) is 9.90 Å². The molecule has 24 heavy (non-hydrogen) atoms. The minimum Gasteiger partial charge on any atom is -0.387 e. The maximum atomic E-state index is 12.1. The van der Waals surface area contributed by atoms with Gasteiger partial charge in [-0.3, -0.25) is 4.79 Å². The maximum absolute atomic E-state index is 12.1. The Kier molecular flexibility index (Phi) is 5.28. The lowest BCUT2D eigenvalue weighted by molar-refractivity contribution is -0.129. The highest BCUT2D eigenvalue weighted by atomic mass is 16.3. The average Bonchev–Trinajstić information content (AvgIpc) is 3.00. The van der Waals surface area contributed by atoms with Crippen LogP contribution in [-0.4, -0.2) is 41.6 Å². The first-order valence-corrected chi connectivity index (χ1v) is 8.54. The van der Waals surface area contributed by atoms with Crippen LogP contribution in [0, 0.1) is 0 Å². The second-order valence-electron chi connectivity index (χ2n) is 6.17. The number of hydrogen-bond donors (Lipinski definition) is 2. The fourth-order valence-corrected chi connectivity index (χ4v) is 3.14. The third kappa shape index (κ3) is 3.66. The van der Waals surface area contributed by atoms with Crippen molar-refractivity contribution in [2.45, 2.75) is 25.5 Å². The minimum atomic E-state index is -0.613. The van der Waals surface area contributed by atoms with Crippen molar-refractivity contribution in [2.24, 2.45) is 0 Å². The molecule has 2 atom stereocenters.